The van der Waals surface area contributed by atoms with Gasteiger partial charge in [0.15, 0.2) is 0 Å². The molecule has 146 valence electrons. The summed E-state index contributed by atoms with van der Waals surface area (Å²) < 4.78 is 13.9. The number of benzene rings is 1. The van der Waals surface area contributed by atoms with Gasteiger partial charge in [-0.1, -0.05) is 24.6 Å². The summed E-state index contributed by atoms with van der Waals surface area (Å²) in [7, 11) is 1.49. The van der Waals surface area contributed by atoms with Crippen LogP contribution in [0.2, 0.25) is 5.02 Å². The van der Waals surface area contributed by atoms with E-state index >= 15 is 0 Å². The number of nitrogens with zero attached hydrogens (tertiary/aromatic N) is 2. The lowest BCUT2D eigenvalue weighted by atomic mass is 9.77. The summed E-state index contributed by atoms with van der Waals surface area (Å²) in [6, 6.07) is 3.76. The van der Waals surface area contributed by atoms with Crippen molar-refractivity contribution >= 4 is 29.4 Å². The van der Waals surface area contributed by atoms with Crippen LogP contribution in [0.5, 0.6) is 0 Å². The molecule has 0 unspecified atom stereocenters. The first kappa shape index (κ1) is 19.6. The number of imide groups is 1. The van der Waals surface area contributed by atoms with E-state index in [1.165, 1.54) is 24.1 Å². The van der Waals surface area contributed by atoms with Gasteiger partial charge in [-0.05, 0) is 43.7 Å². The number of amides is 4. The number of rotatable bonds is 4. The van der Waals surface area contributed by atoms with Crippen molar-refractivity contribution in [2.75, 3.05) is 13.6 Å². The van der Waals surface area contributed by atoms with Crippen LogP contribution in [0.4, 0.5) is 9.18 Å². The Morgan fingerprint density at radius 2 is 2.04 bits per heavy atom. The average molecular weight is 396 g/mol. The Kier molecular flexibility index (Phi) is 5.42. The van der Waals surface area contributed by atoms with Crippen molar-refractivity contribution in [2.45, 2.75) is 44.7 Å². The molecular formula is C19H23ClFN3O3. The highest BCUT2D eigenvalue weighted by Crippen LogP contribution is 2.36. The van der Waals surface area contributed by atoms with Gasteiger partial charge in [-0.2, -0.15) is 0 Å². The Balaban J connectivity index is 1.67. The van der Waals surface area contributed by atoms with Crippen LogP contribution >= 0.6 is 11.6 Å². The molecular weight excluding hydrogens is 373 g/mol. The molecule has 1 N–H and O–H groups in total. The van der Waals surface area contributed by atoms with Gasteiger partial charge in [0.2, 0.25) is 5.91 Å². The summed E-state index contributed by atoms with van der Waals surface area (Å²) in [5.41, 5.74) is -0.679. The Hall–Kier alpha value is -2.15. The second kappa shape index (κ2) is 7.46. The fraction of sp³-hybridized carbons (Fsp3) is 0.526. The maximum absolute atomic E-state index is 13.9. The van der Waals surface area contributed by atoms with Crippen molar-refractivity contribution in [3.05, 3.63) is 34.6 Å². The lowest BCUT2D eigenvalue weighted by molar-refractivity contribution is -0.139. The largest absolute Gasteiger partial charge is 0.340 e. The molecule has 0 aromatic heterocycles. The zero-order valence-corrected chi connectivity index (χ0v) is 16.2. The molecule has 1 aromatic carbocycles. The molecule has 4 amide bonds. The monoisotopic (exact) mass is 395 g/mol. The lowest BCUT2D eigenvalue weighted by Crippen LogP contribution is -2.50. The Morgan fingerprint density at radius 3 is 2.67 bits per heavy atom. The third-order valence-corrected chi connectivity index (χ3v) is 5.90. The van der Waals surface area contributed by atoms with E-state index < -0.39 is 23.3 Å². The van der Waals surface area contributed by atoms with E-state index in [-0.39, 0.29) is 29.6 Å². The lowest BCUT2D eigenvalue weighted by Gasteiger charge is -2.33. The van der Waals surface area contributed by atoms with Gasteiger partial charge in [0.1, 0.15) is 17.9 Å². The number of halogens is 2. The molecule has 1 aliphatic heterocycles. The zero-order chi connectivity index (χ0) is 19.8. The number of carbonyl (C=O) groups is 3. The molecule has 1 saturated carbocycles. The number of nitrogens with one attached hydrogen (secondary N) is 1. The van der Waals surface area contributed by atoms with Gasteiger partial charge in [0.05, 0.1) is 0 Å². The van der Waals surface area contributed by atoms with E-state index in [0.29, 0.717) is 18.8 Å². The molecule has 0 radical (unpaired) electrons. The highest BCUT2D eigenvalue weighted by molar-refractivity contribution is 6.31. The zero-order valence-electron chi connectivity index (χ0n) is 15.4. The molecule has 0 atom stereocenters. The first-order valence-electron chi connectivity index (χ1n) is 9.04. The van der Waals surface area contributed by atoms with Crippen LogP contribution in [0.15, 0.2) is 18.2 Å². The summed E-state index contributed by atoms with van der Waals surface area (Å²) in [5, 5.41) is 3.01. The van der Waals surface area contributed by atoms with Crippen LogP contribution in [0.25, 0.3) is 0 Å². The molecule has 1 aromatic rings. The van der Waals surface area contributed by atoms with Crippen molar-refractivity contribution < 1.29 is 18.8 Å². The van der Waals surface area contributed by atoms with Crippen LogP contribution < -0.4 is 5.32 Å². The standard InChI is InChI=1S/C19H23ClFN3O3/c1-12-6-8-19(9-7-12)17(26)24(18(27)22-19)11-16(25)23(2)10-13-14(20)4-3-5-15(13)21/h3-5,12H,6-11H2,1-2H3,(H,22,27). The third kappa shape index (κ3) is 3.78. The summed E-state index contributed by atoms with van der Waals surface area (Å²) >= 11 is 6.00. The average Bonchev–Trinajstić information content (AvgIpc) is 2.85. The Labute approximate surface area is 162 Å². The predicted octanol–water partition coefficient (Wildman–Crippen LogP) is 2.94. The van der Waals surface area contributed by atoms with E-state index in [2.05, 4.69) is 12.2 Å². The van der Waals surface area contributed by atoms with Crippen LogP contribution in [0.1, 0.15) is 38.2 Å². The number of hydrogen-bond donors (Lipinski definition) is 1. The minimum Gasteiger partial charge on any atom is -0.340 e. The molecule has 1 saturated heterocycles. The van der Waals surface area contributed by atoms with E-state index in [9.17, 15) is 18.8 Å². The van der Waals surface area contributed by atoms with Crippen molar-refractivity contribution in [1.82, 2.24) is 15.1 Å². The number of urea groups is 1. The van der Waals surface area contributed by atoms with Gasteiger partial charge in [-0.3, -0.25) is 14.5 Å². The first-order chi connectivity index (χ1) is 12.7. The second-order valence-electron chi connectivity index (χ2n) is 7.54. The minimum absolute atomic E-state index is 0.0450. The quantitative estimate of drug-likeness (QED) is 0.797. The summed E-state index contributed by atoms with van der Waals surface area (Å²) in [6.45, 7) is 1.71. The van der Waals surface area contributed by atoms with E-state index in [1.54, 1.807) is 6.07 Å². The second-order valence-corrected chi connectivity index (χ2v) is 7.94. The highest BCUT2D eigenvalue weighted by Gasteiger charge is 2.52. The highest BCUT2D eigenvalue weighted by atomic mass is 35.5. The van der Waals surface area contributed by atoms with Gasteiger partial charge in [0.25, 0.3) is 5.91 Å². The van der Waals surface area contributed by atoms with Crippen molar-refractivity contribution in [1.29, 1.82) is 0 Å². The normalized spacial score (nSPS) is 25.0. The predicted molar refractivity (Wildman–Crippen MR) is 98.5 cm³/mol. The van der Waals surface area contributed by atoms with Crippen LogP contribution in [-0.2, 0) is 16.1 Å². The molecule has 0 bridgehead atoms. The van der Waals surface area contributed by atoms with Gasteiger partial charge < -0.3 is 10.2 Å². The van der Waals surface area contributed by atoms with Crippen LogP contribution in [0, 0.1) is 11.7 Å². The number of carbonyl (C=O) groups excluding carboxylic acids is 3. The van der Waals surface area contributed by atoms with Gasteiger partial charge in [0, 0.05) is 24.2 Å². The molecule has 1 heterocycles. The molecule has 27 heavy (non-hydrogen) atoms. The molecule has 8 heteroatoms. The van der Waals surface area contributed by atoms with Crippen molar-refractivity contribution in [3.8, 4) is 0 Å². The van der Waals surface area contributed by atoms with Gasteiger partial charge >= 0.3 is 6.03 Å². The maximum atomic E-state index is 13.9. The molecule has 6 nitrogen and oxygen atoms in total. The Morgan fingerprint density at radius 1 is 1.37 bits per heavy atom. The fourth-order valence-corrected chi connectivity index (χ4v) is 3.90. The summed E-state index contributed by atoms with van der Waals surface area (Å²) in [5.74, 6) is -0.788. The third-order valence-electron chi connectivity index (χ3n) is 5.55. The summed E-state index contributed by atoms with van der Waals surface area (Å²) in [4.78, 5) is 39.9. The topological polar surface area (TPSA) is 69.7 Å². The molecule has 1 aliphatic carbocycles. The molecule has 1 spiro atoms. The number of likely N-dealkylation sites (N-methyl/N-ethyl adjacent to an activating group) is 1. The van der Waals surface area contributed by atoms with Crippen LogP contribution in [0.3, 0.4) is 0 Å². The smallest absolute Gasteiger partial charge is 0.325 e. The molecule has 2 aliphatic rings. The van der Waals surface area contributed by atoms with E-state index in [0.717, 1.165) is 17.7 Å². The van der Waals surface area contributed by atoms with E-state index in [1.807, 2.05) is 0 Å². The molecule has 3 rings (SSSR count). The molecule has 2 fully saturated rings. The Bertz CT molecular complexity index is 757. The van der Waals surface area contributed by atoms with Gasteiger partial charge in [-0.25, -0.2) is 9.18 Å². The first-order valence-corrected chi connectivity index (χ1v) is 9.42. The van der Waals surface area contributed by atoms with Crippen LogP contribution in [-0.4, -0.2) is 46.8 Å². The maximum Gasteiger partial charge on any atom is 0.325 e. The van der Waals surface area contributed by atoms with Crippen molar-refractivity contribution in [3.63, 3.8) is 0 Å². The van der Waals surface area contributed by atoms with E-state index in [4.69, 9.17) is 11.6 Å². The number of hydrogen-bond acceptors (Lipinski definition) is 3. The van der Waals surface area contributed by atoms with Crippen molar-refractivity contribution in [2.24, 2.45) is 5.92 Å². The fourth-order valence-electron chi connectivity index (χ4n) is 3.68. The summed E-state index contributed by atoms with van der Waals surface area (Å²) in [6.07, 6.45) is 2.90. The van der Waals surface area contributed by atoms with Gasteiger partial charge in [-0.15, -0.1) is 0 Å². The minimum atomic E-state index is -0.878. The SMILES string of the molecule is CC1CCC2(CC1)NC(=O)N(CC(=O)N(C)Cc1c(F)cccc1Cl)C2=O.